The molecule has 0 bridgehead atoms. The zero-order chi connectivity index (χ0) is 14.7. The number of carbonyl (C=O) groups is 1. The van der Waals surface area contributed by atoms with Crippen molar-refractivity contribution in [3.8, 4) is 0 Å². The van der Waals surface area contributed by atoms with E-state index in [-0.39, 0.29) is 5.91 Å². The van der Waals surface area contributed by atoms with Gasteiger partial charge in [0, 0.05) is 38.2 Å². The molecule has 0 unspecified atom stereocenters. The summed E-state index contributed by atoms with van der Waals surface area (Å²) in [7, 11) is 0. The summed E-state index contributed by atoms with van der Waals surface area (Å²) in [6.45, 7) is 5.43. The maximum absolute atomic E-state index is 12.0. The lowest BCUT2D eigenvalue weighted by molar-refractivity contribution is -0.116. The highest BCUT2D eigenvalue weighted by Gasteiger charge is 2.31. The van der Waals surface area contributed by atoms with E-state index in [9.17, 15) is 4.79 Å². The standard InChI is InChI=1S/C15H23N3O3/c1-11-8-14(17-21-11)16-15(19)4-6-18(13-2-3-13)9-12-5-7-20-10-12/h8,12-13H,2-7,9-10H2,1H3,(H,16,17,19)/t12-/m0/s1. The first-order valence-corrected chi connectivity index (χ1v) is 7.75. The Morgan fingerprint density at radius 1 is 1.48 bits per heavy atom. The zero-order valence-electron chi connectivity index (χ0n) is 12.5. The first-order valence-electron chi connectivity index (χ1n) is 7.75. The summed E-state index contributed by atoms with van der Waals surface area (Å²) >= 11 is 0. The molecule has 1 saturated carbocycles. The zero-order valence-corrected chi connectivity index (χ0v) is 12.5. The Kier molecular flexibility index (Phi) is 4.55. The normalized spacial score (nSPS) is 21.9. The van der Waals surface area contributed by atoms with Crippen molar-refractivity contribution in [2.75, 3.05) is 31.6 Å². The van der Waals surface area contributed by atoms with Gasteiger partial charge < -0.3 is 14.6 Å². The van der Waals surface area contributed by atoms with Gasteiger partial charge in [-0.25, -0.2) is 0 Å². The minimum absolute atomic E-state index is 0.00313. The number of ether oxygens (including phenoxy) is 1. The summed E-state index contributed by atoms with van der Waals surface area (Å²) in [6.07, 6.45) is 4.17. The van der Waals surface area contributed by atoms with Crippen molar-refractivity contribution < 1.29 is 14.1 Å². The van der Waals surface area contributed by atoms with Crippen LogP contribution in [0.15, 0.2) is 10.6 Å². The van der Waals surface area contributed by atoms with E-state index in [4.69, 9.17) is 9.26 Å². The van der Waals surface area contributed by atoms with Gasteiger partial charge in [-0.15, -0.1) is 0 Å². The minimum atomic E-state index is -0.00313. The average molecular weight is 293 g/mol. The maximum Gasteiger partial charge on any atom is 0.226 e. The highest BCUT2D eigenvalue weighted by Crippen LogP contribution is 2.29. The van der Waals surface area contributed by atoms with Gasteiger partial charge in [0.1, 0.15) is 5.76 Å². The van der Waals surface area contributed by atoms with Crippen molar-refractivity contribution in [1.82, 2.24) is 10.1 Å². The quantitative estimate of drug-likeness (QED) is 0.830. The molecule has 1 aliphatic carbocycles. The minimum Gasteiger partial charge on any atom is -0.381 e. The molecule has 2 aliphatic rings. The lowest BCUT2D eigenvalue weighted by Gasteiger charge is -2.24. The summed E-state index contributed by atoms with van der Waals surface area (Å²) in [6, 6.07) is 2.40. The number of nitrogens with one attached hydrogen (secondary N) is 1. The highest BCUT2D eigenvalue weighted by atomic mass is 16.5. The molecular formula is C15H23N3O3. The molecule has 6 heteroatoms. The van der Waals surface area contributed by atoms with Gasteiger partial charge in [-0.1, -0.05) is 5.16 Å². The molecule has 2 heterocycles. The predicted octanol–water partition coefficient (Wildman–Crippen LogP) is 1.81. The van der Waals surface area contributed by atoms with Crippen LogP contribution < -0.4 is 5.32 Å². The number of rotatable bonds is 7. The molecule has 1 atom stereocenters. The van der Waals surface area contributed by atoms with Gasteiger partial charge in [0.25, 0.3) is 0 Å². The fourth-order valence-corrected chi connectivity index (χ4v) is 2.80. The molecule has 1 amide bonds. The van der Waals surface area contributed by atoms with Gasteiger partial charge >= 0.3 is 0 Å². The molecule has 1 N–H and O–H groups in total. The van der Waals surface area contributed by atoms with Crippen LogP contribution in [-0.4, -0.2) is 48.3 Å². The van der Waals surface area contributed by atoms with Gasteiger partial charge in [-0.3, -0.25) is 9.69 Å². The predicted molar refractivity (Wildman–Crippen MR) is 78.0 cm³/mol. The smallest absolute Gasteiger partial charge is 0.226 e. The summed E-state index contributed by atoms with van der Waals surface area (Å²) in [4.78, 5) is 14.4. The monoisotopic (exact) mass is 293 g/mol. The summed E-state index contributed by atoms with van der Waals surface area (Å²) < 4.78 is 10.4. The third-order valence-corrected chi connectivity index (χ3v) is 4.10. The largest absolute Gasteiger partial charge is 0.381 e. The van der Waals surface area contributed by atoms with Crippen LogP contribution in [0.3, 0.4) is 0 Å². The van der Waals surface area contributed by atoms with Crippen LogP contribution in [0.5, 0.6) is 0 Å². The van der Waals surface area contributed by atoms with E-state index in [2.05, 4.69) is 15.4 Å². The van der Waals surface area contributed by atoms with Crippen LogP contribution in [0.25, 0.3) is 0 Å². The van der Waals surface area contributed by atoms with Crippen molar-refractivity contribution in [2.45, 2.75) is 38.6 Å². The van der Waals surface area contributed by atoms with Crippen molar-refractivity contribution in [1.29, 1.82) is 0 Å². The molecular weight excluding hydrogens is 270 g/mol. The third-order valence-electron chi connectivity index (χ3n) is 4.10. The topological polar surface area (TPSA) is 67.6 Å². The molecule has 21 heavy (non-hydrogen) atoms. The van der Waals surface area contributed by atoms with E-state index < -0.39 is 0 Å². The summed E-state index contributed by atoms with van der Waals surface area (Å²) in [5, 5.41) is 6.55. The molecule has 2 fully saturated rings. The van der Waals surface area contributed by atoms with Gasteiger partial charge in [0.05, 0.1) is 6.61 Å². The third kappa shape index (κ3) is 4.28. The second-order valence-corrected chi connectivity index (χ2v) is 6.08. The highest BCUT2D eigenvalue weighted by molar-refractivity contribution is 5.89. The van der Waals surface area contributed by atoms with E-state index in [1.165, 1.54) is 12.8 Å². The van der Waals surface area contributed by atoms with Crippen LogP contribution >= 0.6 is 0 Å². The SMILES string of the molecule is Cc1cc(NC(=O)CCN(C[C@@H]2CCOC2)C2CC2)no1. The molecule has 1 saturated heterocycles. The van der Waals surface area contributed by atoms with E-state index in [1.807, 2.05) is 0 Å². The number of aromatic nitrogens is 1. The van der Waals surface area contributed by atoms with Crippen LogP contribution in [0.1, 0.15) is 31.4 Å². The number of anilines is 1. The van der Waals surface area contributed by atoms with Crippen molar-refractivity contribution in [3.05, 3.63) is 11.8 Å². The number of amides is 1. The van der Waals surface area contributed by atoms with E-state index in [0.29, 0.717) is 30.0 Å². The van der Waals surface area contributed by atoms with Crippen molar-refractivity contribution in [2.24, 2.45) is 5.92 Å². The summed E-state index contributed by atoms with van der Waals surface area (Å²) in [5.41, 5.74) is 0. The van der Waals surface area contributed by atoms with E-state index in [1.54, 1.807) is 13.0 Å². The first-order chi connectivity index (χ1) is 10.2. The Hall–Kier alpha value is -1.40. The lowest BCUT2D eigenvalue weighted by atomic mass is 10.1. The molecule has 116 valence electrons. The number of hydrogen-bond donors (Lipinski definition) is 1. The summed E-state index contributed by atoms with van der Waals surface area (Å²) in [5.74, 6) is 1.83. The van der Waals surface area contributed by atoms with E-state index >= 15 is 0 Å². The molecule has 0 spiro atoms. The molecule has 0 aromatic carbocycles. The second kappa shape index (κ2) is 6.58. The van der Waals surface area contributed by atoms with Gasteiger partial charge in [-0.2, -0.15) is 0 Å². The molecule has 6 nitrogen and oxygen atoms in total. The average Bonchev–Trinajstić information content (AvgIpc) is 3.03. The second-order valence-electron chi connectivity index (χ2n) is 6.08. The Bertz CT molecular complexity index is 478. The molecule has 1 aromatic rings. The number of hydrogen-bond acceptors (Lipinski definition) is 5. The Morgan fingerprint density at radius 3 is 2.95 bits per heavy atom. The van der Waals surface area contributed by atoms with Crippen LogP contribution in [-0.2, 0) is 9.53 Å². The lowest BCUT2D eigenvalue weighted by Crippen LogP contribution is -2.34. The van der Waals surface area contributed by atoms with Gasteiger partial charge in [0.15, 0.2) is 5.82 Å². The van der Waals surface area contributed by atoms with Gasteiger partial charge in [0.2, 0.25) is 5.91 Å². The Labute approximate surface area is 124 Å². The van der Waals surface area contributed by atoms with Gasteiger partial charge in [-0.05, 0) is 32.1 Å². The van der Waals surface area contributed by atoms with Crippen LogP contribution in [0.2, 0.25) is 0 Å². The molecule has 0 radical (unpaired) electrons. The van der Waals surface area contributed by atoms with Crippen molar-refractivity contribution in [3.63, 3.8) is 0 Å². The molecule has 1 aliphatic heterocycles. The van der Waals surface area contributed by atoms with Crippen LogP contribution in [0, 0.1) is 12.8 Å². The fourth-order valence-electron chi connectivity index (χ4n) is 2.80. The number of aryl methyl sites for hydroxylation is 1. The molecule has 3 rings (SSSR count). The fraction of sp³-hybridized carbons (Fsp3) is 0.733. The number of carbonyl (C=O) groups excluding carboxylic acids is 1. The van der Waals surface area contributed by atoms with Crippen LogP contribution in [0.4, 0.5) is 5.82 Å². The van der Waals surface area contributed by atoms with E-state index in [0.717, 1.165) is 32.7 Å². The maximum atomic E-state index is 12.0. The Morgan fingerprint density at radius 2 is 2.33 bits per heavy atom. The Balaban J connectivity index is 1.43. The van der Waals surface area contributed by atoms with Crippen molar-refractivity contribution >= 4 is 11.7 Å². The molecule has 1 aromatic heterocycles. The first kappa shape index (κ1) is 14.5. The number of nitrogens with zero attached hydrogens (tertiary/aromatic N) is 2.